The topological polar surface area (TPSA) is 71.5 Å². The van der Waals surface area contributed by atoms with Gasteiger partial charge in [-0.2, -0.15) is 0 Å². The van der Waals surface area contributed by atoms with Crippen LogP contribution in [0, 0.1) is 0 Å². The van der Waals surface area contributed by atoms with Crippen molar-refractivity contribution in [1.82, 2.24) is 10.3 Å². The summed E-state index contributed by atoms with van der Waals surface area (Å²) in [6.45, 7) is 0.920. The maximum absolute atomic E-state index is 11.7. The predicted octanol–water partition coefficient (Wildman–Crippen LogP) is -0.110. The highest BCUT2D eigenvalue weighted by Gasteiger charge is 2.25. The first-order valence-electron chi connectivity index (χ1n) is 5.71. The summed E-state index contributed by atoms with van der Waals surface area (Å²) in [6.07, 6.45) is 1.93. The standard InChI is InChI=1S/C12H16N2O3/c15-11-4-6-17-8-10(11)14-12(16)7-9-3-1-2-5-13-9/h1-3,5,10-11,15H,4,6-8H2,(H,14,16)/t10-,11-/m1/s1. The lowest BCUT2D eigenvalue weighted by Crippen LogP contribution is -2.49. The average molecular weight is 236 g/mol. The zero-order valence-electron chi connectivity index (χ0n) is 9.50. The Hall–Kier alpha value is -1.46. The van der Waals surface area contributed by atoms with Gasteiger partial charge in [-0.15, -0.1) is 0 Å². The fraction of sp³-hybridized carbons (Fsp3) is 0.500. The van der Waals surface area contributed by atoms with Gasteiger partial charge in [-0.25, -0.2) is 0 Å². The Kier molecular flexibility index (Phi) is 4.06. The molecule has 17 heavy (non-hydrogen) atoms. The second kappa shape index (κ2) is 5.75. The summed E-state index contributed by atoms with van der Waals surface area (Å²) in [6, 6.07) is 5.14. The molecule has 0 unspecified atom stereocenters. The Morgan fingerprint density at radius 1 is 1.59 bits per heavy atom. The Labute approximate surface area is 99.8 Å². The number of pyridine rings is 1. The summed E-state index contributed by atoms with van der Waals surface area (Å²) in [5.74, 6) is -0.141. The van der Waals surface area contributed by atoms with Gasteiger partial charge < -0.3 is 15.2 Å². The van der Waals surface area contributed by atoms with Crippen LogP contribution in [0.5, 0.6) is 0 Å². The highest BCUT2D eigenvalue weighted by Crippen LogP contribution is 2.07. The molecule has 5 nitrogen and oxygen atoms in total. The number of carbonyl (C=O) groups excluding carboxylic acids is 1. The molecular formula is C12H16N2O3. The van der Waals surface area contributed by atoms with E-state index in [0.29, 0.717) is 19.6 Å². The van der Waals surface area contributed by atoms with Crippen LogP contribution in [-0.2, 0) is 16.0 Å². The van der Waals surface area contributed by atoms with Crippen molar-refractivity contribution in [3.8, 4) is 0 Å². The van der Waals surface area contributed by atoms with Crippen LogP contribution < -0.4 is 5.32 Å². The van der Waals surface area contributed by atoms with Gasteiger partial charge in [0.1, 0.15) is 0 Å². The summed E-state index contributed by atoms with van der Waals surface area (Å²) in [5.41, 5.74) is 0.719. The van der Waals surface area contributed by atoms with Crippen LogP contribution in [0.15, 0.2) is 24.4 Å². The van der Waals surface area contributed by atoms with Crippen LogP contribution in [0.2, 0.25) is 0 Å². The first-order valence-corrected chi connectivity index (χ1v) is 5.71. The van der Waals surface area contributed by atoms with Gasteiger partial charge in [-0.05, 0) is 18.6 Å². The third-order valence-electron chi connectivity index (χ3n) is 2.73. The number of aliphatic hydroxyl groups excluding tert-OH is 1. The molecule has 2 heterocycles. The van der Waals surface area contributed by atoms with Gasteiger partial charge in [0.2, 0.25) is 5.91 Å². The number of nitrogens with zero attached hydrogens (tertiary/aromatic N) is 1. The van der Waals surface area contributed by atoms with Gasteiger partial charge in [-0.1, -0.05) is 6.07 Å². The lowest BCUT2D eigenvalue weighted by molar-refractivity contribution is -0.124. The van der Waals surface area contributed by atoms with E-state index in [1.807, 2.05) is 6.07 Å². The molecule has 1 fully saturated rings. The molecular weight excluding hydrogens is 220 g/mol. The molecule has 1 saturated heterocycles. The van der Waals surface area contributed by atoms with E-state index < -0.39 is 6.10 Å². The molecule has 2 N–H and O–H groups in total. The van der Waals surface area contributed by atoms with Crippen molar-refractivity contribution in [3.63, 3.8) is 0 Å². The number of aromatic nitrogens is 1. The van der Waals surface area contributed by atoms with Gasteiger partial charge in [0.15, 0.2) is 0 Å². The molecule has 0 bridgehead atoms. The van der Waals surface area contributed by atoms with Crippen LogP contribution >= 0.6 is 0 Å². The summed E-state index contributed by atoms with van der Waals surface area (Å²) in [7, 11) is 0. The number of hydrogen-bond donors (Lipinski definition) is 2. The quantitative estimate of drug-likeness (QED) is 0.768. The molecule has 0 saturated carbocycles. The van der Waals surface area contributed by atoms with Crippen LogP contribution in [0.1, 0.15) is 12.1 Å². The maximum Gasteiger partial charge on any atom is 0.226 e. The maximum atomic E-state index is 11.7. The number of nitrogens with one attached hydrogen (secondary N) is 1. The van der Waals surface area contributed by atoms with Crippen LogP contribution in [0.25, 0.3) is 0 Å². The summed E-state index contributed by atoms with van der Waals surface area (Å²) >= 11 is 0. The van der Waals surface area contributed by atoms with Gasteiger partial charge in [0, 0.05) is 18.5 Å². The van der Waals surface area contributed by atoms with Gasteiger partial charge in [-0.3, -0.25) is 9.78 Å². The number of hydrogen-bond acceptors (Lipinski definition) is 4. The van der Waals surface area contributed by atoms with Crippen molar-refractivity contribution in [1.29, 1.82) is 0 Å². The Bertz CT molecular complexity index is 369. The van der Waals surface area contributed by atoms with E-state index >= 15 is 0 Å². The third-order valence-corrected chi connectivity index (χ3v) is 2.73. The molecule has 1 aromatic rings. The molecule has 0 aliphatic carbocycles. The van der Waals surface area contributed by atoms with Crippen molar-refractivity contribution in [3.05, 3.63) is 30.1 Å². The third kappa shape index (κ3) is 3.51. The number of carbonyl (C=O) groups is 1. The Morgan fingerprint density at radius 3 is 3.18 bits per heavy atom. The monoisotopic (exact) mass is 236 g/mol. The molecule has 5 heteroatoms. The molecule has 2 rings (SSSR count). The number of ether oxygens (including phenoxy) is 1. The largest absolute Gasteiger partial charge is 0.391 e. The summed E-state index contributed by atoms with van der Waals surface area (Å²) in [5, 5.41) is 12.4. The molecule has 2 atom stereocenters. The molecule has 1 aliphatic rings. The minimum absolute atomic E-state index is 0.141. The fourth-order valence-corrected chi connectivity index (χ4v) is 1.79. The number of amides is 1. The zero-order valence-corrected chi connectivity index (χ0v) is 9.50. The molecule has 0 aromatic carbocycles. The van der Waals surface area contributed by atoms with E-state index in [0.717, 1.165) is 5.69 Å². The SMILES string of the molecule is O=C(Cc1ccccn1)N[C@@H]1COCC[C@H]1O. The van der Waals surface area contributed by atoms with Gasteiger partial charge in [0.25, 0.3) is 0 Å². The van der Waals surface area contributed by atoms with Crippen molar-refractivity contribution < 1.29 is 14.6 Å². The van der Waals surface area contributed by atoms with E-state index in [1.54, 1.807) is 18.3 Å². The van der Waals surface area contributed by atoms with E-state index in [1.165, 1.54) is 0 Å². The Balaban J connectivity index is 1.84. The first-order chi connectivity index (χ1) is 8.25. The predicted molar refractivity (Wildman–Crippen MR) is 61.3 cm³/mol. The molecule has 0 radical (unpaired) electrons. The van der Waals surface area contributed by atoms with E-state index in [4.69, 9.17) is 4.74 Å². The van der Waals surface area contributed by atoms with E-state index in [9.17, 15) is 9.90 Å². The molecule has 92 valence electrons. The minimum atomic E-state index is -0.517. The average Bonchev–Trinajstić information content (AvgIpc) is 2.33. The van der Waals surface area contributed by atoms with E-state index in [-0.39, 0.29) is 18.4 Å². The summed E-state index contributed by atoms with van der Waals surface area (Å²) < 4.78 is 5.21. The minimum Gasteiger partial charge on any atom is -0.391 e. The normalized spacial score (nSPS) is 24.3. The second-order valence-corrected chi connectivity index (χ2v) is 4.10. The highest BCUT2D eigenvalue weighted by atomic mass is 16.5. The van der Waals surface area contributed by atoms with Gasteiger partial charge >= 0.3 is 0 Å². The second-order valence-electron chi connectivity index (χ2n) is 4.10. The first kappa shape index (κ1) is 12.0. The lowest BCUT2D eigenvalue weighted by atomic mass is 10.1. The molecule has 1 amide bonds. The fourth-order valence-electron chi connectivity index (χ4n) is 1.79. The zero-order chi connectivity index (χ0) is 12.1. The van der Waals surface area contributed by atoms with E-state index in [2.05, 4.69) is 10.3 Å². The van der Waals surface area contributed by atoms with Crippen molar-refractivity contribution in [2.45, 2.75) is 25.0 Å². The van der Waals surface area contributed by atoms with Crippen molar-refractivity contribution >= 4 is 5.91 Å². The number of rotatable bonds is 3. The summed E-state index contributed by atoms with van der Waals surface area (Å²) in [4.78, 5) is 15.8. The lowest BCUT2D eigenvalue weighted by Gasteiger charge is -2.28. The van der Waals surface area contributed by atoms with Crippen molar-refractivity contribution in [2.75, 3.05) is 13.2 Å². The van der Waals surface area contributed by atoms with Crippen LogP contribution in [0.3, 0.4) is 0 Å². The van der Waals surface area contributed by atoms with Crippen molar-refractivity contribution in [2.24, 2.45) is 0 Å². The molecule has 0 spiro atoms. The molecule has 1 aromatic heterocycles. The number of aliphatic hydroxyl groups is 1. The highest BCUT2D eigenvalue weighted by molar-refractivity contribution is 5.78. The Morgan fingerprint density at radius 2 is 2.47 bits per heavy atom. The smallest absolute Gasteiger partial charge is 0.226 e. The van der Waals surface area contributed by atoms with Gasteiger partial charge in [0.05, 0.1) is 25.2 Å². The van der Waals surface area contributed by atoms with Crippen LogP contribution in [-0.4, -0.2) is 41.4 Å². The van der Waals surface area contributed by atoms with Crippen LogP contribution in [0.4, 0.5) is 0 Å². The molecule has 1 aliphatic heterocycles.